The van der Waals surface area contributed by atoms with Gasteiger partial charge >= 0.3 is 12.4 Å². The van der Waals surface area contributed by atoms with Crippen molar-refractivity contribution in [3.05, 3.63) is 0 Å². The molecule has 0 amide bonds. The molecule has 0 spiro atoms. The van der Waals surface area contributed by atoms with Crippen LogP contribution in [0.3, 0.4) is 0 Å². The van der Waals surface area contributed by atoms with Gasteiger partial charge in [0.05, 0.1) is 0 Å². The first kappa shape index (κ1) is 17.2. The Morgan fingerprint density at radius 3 is 1.65 bits per heavy atom. The molecule has 17 heavy (non-hydrogen) atoms. The van der Waals surface area contributed by atoms with E-state index in [9.17, 15) is 30.7 Å². The number of alkyl halides is 8. The Labute approximate surface area is 104 Å². The van der Waals surface area contributed by atoms with Crippen molar-refractivity contribution in [3.63, 3.8) is 0 Å². The van der Waals surface area contributed by atoms with Gasteiger partial charge in [-0.15, -0.1) is 11.6 Å². The van der Waals surface area contributed by atoms with Crippen LogP contribution in [-0.4, -0.2) is 29.2 Å². The molecule has 0 radical (unpaired) electrons. The van der Waals surface area contributed by atoms with E-state index in [0.29, 0.717) is 0 Å². The summed E-state index contributed by atoms with van der Waals surface area (Å²) in [6.07, 6.45) is -13.7. The van der Waals surface area contributed by atoms with Crippen LogP contribution in [-0.2, 0) is 0 Å². The van der Waals surface area contributed by atoms with Crippen molar-refractivity contribution in [2.75, 3.05) is 5.88 Å². The Kier molecular flexibility index (Phi) is 5.91. The summed E-state index contributed by atoms with van der Waals surface area (Å²) in [5, 5.41) is -1.36. The predicted molar refractivity (Wildman–Crippen MR) is 53.3 cm³/mol. The summed E-state index contributed by atoms with van der Waals surface area (Å²) >= 11 is 8.75. The number of rotatable bonds is 5. The summed E-state index contributed by atoms with van der Waals surface area (Å²) in [5.41, 5.74) is -5.22. The van der Waals surface area contributed by atoms with Gasteiger partial charge in [-0.3, -0.25) is 0 Å². The van der Waals surface area contributed by atoms with Gasteiger partial charge in [-0.25, -0.2) is 4.39 Å². The van der Waals surface area contributed by atoms with E-state index in [4.69, 9.17) is 11.6 Å². The second-order valence-electron chi connectivity index (χ2n) is 3.49. The first-order valence-corrected chi connectivity index (χ1v) is 5.57. The third-order valence-electron chi connectivity index (χ3n) is 2.09. The highest BCUT2D eigenvalue weighted by molar-refractivity contribution is 7.80. The van der Waals surface area contributed by atoms with Crippen LogP contribution >= 0.6 is 24.2 Å². The molecule has 0 rings (SSSR count). The van der Waals surface area contributed by atoms with E-state index in [1.165, 1.54) is 0 Å². The van der Waals surface area contributed by atoms with Crippen LogP contribution in [0.15, 0.2) is 0 Å². The first-order chi connectivity index (χ1) is 7.45. The standard InChI is InChI=1S/C8H10ClF7S/c9-3-1-2-5(17)4-6(10,7(11,12)13)8(14,15)16/h5,17H,1-4H2. The molecule has 0 fully saturated rings. The zero-order valence-electron chi connectivity index (χ0n) is 8.38. The predicted octanol–water partition coefficient (Wildman–Crippen LogP) is 4.53. The van der Waals surface area contributed by atoms with Gasteiger partial charge in [0, 0.05) is 17.6 Å². The molecule has 0 aliphatic carbocycles. The summed E-state index contributed by atoms with van der Waals surface area (Å²) < 4.78 is 85.9. The fraction of sp³-hybridized carbons (Fsp3) is 1.00. The van der Waals surface area contributed by atoms with Crippen LogP contribution in [0.1, 0.15) is 19.3 Å². The molecular weight excluding hydrogens is 297 g/mol. The maximum Gasteiger partial charge on any atom is 0.431 e. The quantitative estimate of drug-likeness (QED) is 0.431. The fourth-order valence-corrected chi connectivity index (χ4v) is 1.72. The smallest absolute Gasteiger partial charge is 0.224 e. The Morgan fingerprint density at radius 1 is 0.941 bits per heavy atom. The lowest BCUT2D eigenvalue weighted by molar-refractivity contribution is -0.343. The van der Waals surface area contributed by atoms with Crippen molar-refractivity contribution in [2.45, 2.75) is 42.5 Å². The maximum atomic E-state index is 13.2. The van der Waals surface area contributed by atoms with Gasteiger partial charge in [0.1, 0.15) is 0 Å². The normalized spacial score (nSPS) is 16.1. The van der Waals surface area contributed by atoms with Crippen LogP contribution in [0.2, 0.25) is 0 Å². The minimum Gasteiger partial charge on any atom is -0.224 e. The van der Waals surface area contributed by atoms with Gasteiger partial charge in [-0.2, -0.15) is 39.0 Å². The molecule has 0 saturated heterocycles. The molecule has 9 heteroatoms. The molecule has 1 unspecified atom stereocenters. The number of thiol groups is 1. The average Bonchev–Trinajstić information content (AvgIpc) is 2.10. The van der Waals surface area contributed by atoms with E-state index >= 15 is 0 Å². The monoisotopic (exact) mass is 306 g/mol. The van der Waals surface area contributed by atoms with Crippen LogP contribution in [0.25, 0.3) is 0 Å². The van der Waals surface area contributed by atoms with Crippen LogP contribution < -0.4 is 0 Å². The third-order valence-corrected chi connectivity index (χ3v) is 2.79. The molecule has 0 N–H and O–H groups in total. The van der Waals surface area contributed by atoms with Crippen LogP contribution in [0, 0.1) is 0 Å². The molecule has 0 saturated carbocycles. The van der Waals surface area contributed by atoms with Crippen LogP contribution in [0.4, 0.5) is 30.7 Å². The third kappa shape index (κ3) is 4.39. The van der Waals surface area contributed by atoms with Gasteiger partial charge in [-0.05, 0) is 12.8 Å². The van der Waals surface area contributed by atoms with Gasteiger partial charge < -0.3 is 0 Å². The second kappa shape index (κ2) is 5.86. The van der Waals surface area contributed by atoms with E-state index in [2.05, 4.69) is 12.6 Å². The average molecular weight is 307 g/mol. The summed E-state index contributed by atoms with van der Waals surface area (Å²) in [7, 11) is 0. The number of hydrogen-bond acceptors (Lipinski definition) is 1. The van der Waals surface area contributed by atoms with Crippen molar-refractivity contribution in [1.29, 1.82) is 0 Å². The summed E-state index contributed by atoms with van der Waals surface area (Å²) in [5.74, 6) is 0.0639. The van der Waals surface area contributed by atoms with E-state index in [1.807, 2.05) is 0 Å². The summed E-state index contributed by atoms with van der Waals surface area (Å²) in [6.45, 7) is 0. The molecular formula is C8H10ClF7S. The molecule has 0 aromatic rings. The van der Waals surface area contributed by atoms with Gasteiger partial charge in [-0.1, -0.05) is 0 Å². The minimum atomic E-state index is -6.01. The molecule has 104 valence electrons. The largest absolute Gasteiger partial charge is 0.431 e. The highest BCUT2D eigenvalue weighted by Gasteiger charge is 2.72. The van der Waals surface area contributed by atoms with E-state index in [-0.39, 0.29) is 18.7 Å². The Morgan fingerprint density at radius 2 is 1.35 bits per heavy atom. The van der Waals surface area contributed by atoms with E-state index in [0.717, 1.165) is 0 Å². The second-order valence-corrected chi connectivity index (χ2v) is 4.59. The summed E-state index contributed by atoms with van der Waals surface area (Å²) in [6, 6.07) is 0. The Hall–Kier alpha value is 0.150. The molecule has 0 nitrogen and oxygen atoms in total. The van der Waals surface area contributed by atoms with Crippen molar-refractivity contribution >= 4 is 24.2 Å². The zero-order chi connectivity index (χ0) is 13.9. The highest BCUT2D eigenvalue weighted by atomic mass is 35.5. The lowest BCUT2D eigenvalue weighted by Crippen LogP contribution is -2.54. The molecule has 0 heterocycles. The molecule has 0 aromatic heterocycles. The highest BCUT2D eigenvalue weighted by Crippen LogP contribution is 2.49. The molecule has 1 atom stereocenters. The first-order valence-electron chi connectivity index (χ1n) is 4.52. The molecule has 0 aliphatic heterocycles. The topological polar surface area (TPSA) is 0 Å². The minimum absolute atomic E-state index is 0.0639. The van der Waals surface area contributed by atoms with E-state index in [1.54, 1.807) is 0 Å². The van der Waals surface area contributed by atoms with Crippen LogP contribution in [0.5, 0.6) is 0 Å². The van der Waals surface area contributed by atoms with Crippen molar-refractivity contribution in [2.24, 2.45) is 0 Å². The molecule has 0 aromatic carbocycles. The van der Waals surface area contributed by atoms with Crippen molar-refractivity contribution in [3.8, 4) is 0 Å². The fourth-order valence-electron chi connectivity index (χ4n) is 1.13. The van der Waals surface area contributed by atoms with Gasteiger partial charge in [0.2, 0.25) is 0 Å². The lowest BCUT2D eigenvalue weighted by atomic mass is 9.96. The summed E-state index contributed by atoms with van der Waals surface area (Å²) in [4.78, 5) is 0. The van der Waals surface area contributed by atoms with Crippen molar-refractivity contribution < 1.29 is 30.7 Å². The SMILES string of the molecule is FC(F)(F)C(F)(CC(S)CCCCl)C(F)(F)F. The molecule has 0 bridgehead atoms. The zero-order valence-corrected chi connectivity index (χ0v) is 10.0. The van der Waals surface area contributed by atoms with Gasteiger partial charge in [0.25, 0.3) is 5.67 Å². The van der Waals surface area contributed by atoms with Crippen molar-refractivity contribution in [1.82, 2.24) is 0 Å². The van der Waals surface area contributed by atoms with E-state index < -0.39 is 29.7 Å². The Balaban J connectivity index is 4.86. The Bertz CT molecular complexity index is 223. The van der Waals surface area contributed by atoms with Gasteiger partial charge in [0.15, 0.2) is 0 Å². The number of hydrogen-bond donors (Lipinski definition) is 1. The maximum absolute atomic E-state index is 13.2. The number of halogens is 8. The molecule has 0 aliphatic rings. The lowest BCUT2D eigenvalue weighted by Gasteiger charge is -2.31.